The SMILES string of the molecule is CCOC[C@@H](O)CN(CC(=O)N1CCc2sccc2[C@@H]1COc1cccc(F)c1)C1CC1. The fourth-order valence-electron chi connectivity index (χ4n) is 4.23. The Morgan fingerprint density at radius 2 is 2.22 bits per heavy atom. The van der Waals surface area contributed by atoms with Crippen LogP contribution in [-0.4, -0.2) is 72.4 Å². The van der Waals surface area contributed by atoms with Crippen LogP contribution in [0.4, 0.5) is 4.39 Å². The van der Waals surface area contributed by atoms with Gasteiger partial charge >= 0.3 is 0 Å². The van der Waals surface area contributed by atoms with Gasteiger partial charge in [-0.05, 0) is 55.3 Å². The van der Waals surface area contributed by atoms with Gasteiger partial charge in [0, 0.05) is 36.7 Å². The zero-order valence-corrected chi connectivity index (χ0v) is 19.2. The highest BCUT2D eigenvalue weighted by Crippen LogP contribution is 2.34. The lowest BCUT2D eigenvalue weighted by Gasteiger charge is -2.37. The summed E-state index contributed by atoms with van der Waals surface area (Å²) in [4.78, 5) is 18.6. The molecule has 1 saturated carbocycles. The lowest BCUT2D eigenvalue weighted by Crippen LogP contribution is -2.48. The number of hydrogen-bond acceptors (Lipinski definition) is 6. The fraction of sp³-hybridized carbons (Fsp3) is 0.542. The number of aliphatic hydroxyl groups excluding tert-OH is 1. The Kier molecular flexibility index (Phi) is 7.78. The summed E-state index contributed by atoms with van der Waals surface area (Å²) in [6.45, 7) is 4.33. The average Bonchev–Trinajstić information content (AvgIpc) is 3.52. The molecule has 8 heteroatoms. The van der Waals surface area contributed by atoms with E-state index in [-0.39, 0.29) is 37.5 Å². The zero-order chi connectivity index (χ0) is 22.5. The number of halogens is 1. The van der Waals surface area contributed by atoms with E-state index in [1.54, 1.807) is 23.5 Å². The number of carbonyl (C=O) groups is 1. The predicted octanol–water partition coefficient (Wildman–Crippen LogP) is 3.25. The van der Waals surface area contributed by atoms with Gasteiger partial charge in [0.25, 0.3) is 0 Å². The number of hydrogen-bond donors (Lipinski definition) is 1. The summed E-state index contributed by atoms with van der Waals surface area (Å²) in [7, 11) is 0. The van der Waals surface area contributed by atoms with Gasteiger partial charge in [0.2, 0.25) is 5.91 Å². The summed E-state index contributed by atoms with van der Waals surface area (Å²) in [6.07, 6.45) is 2.32. The summed E-state index contributed by atoms with van der Waals surface area (Å²) in [5, 5.41) is 12.3. The first-order valence-corrected chi connectivity index (χ1v) is 12.2. The van der Waals surface area contributed by atoms with Crippen molar-refractivity contribution in [3.63, 3.8) is 0 Å². The summed E-state index contributed by atoms with van der Waals surface area (Å²) < 4.78 is 24.8. The molecule has 0 bridgehead atoms. The van der Waals surface area contributed by atoms with Crippen molar-refractivity contribution in [2.75, 3.05) is 39.5 Å². The van der Waals surface area contributed by atoms with Gasteiger partial charge in [0.05, 0.1) is 25.3 Å². The number of amides is 1. The van der Waals surface area contributed by atoms with Crippen molar-refractivity contribution < 1.29 is 23.8 Å². The molecule has 1 fully saturated rings. The molecular formula is C24H31FN2O4S. The van der Waals surface area contributed by atoms with E-state index in [0.717, 1.165) is 24.8 Å². The van der Waals surface area contributed by atoms with Gasteiger partial charge in [0.15, 0.2) is 0 Å². The van der Waals surface area contributed by atoms with Crippen molar-refractivity contribution in [1.82, 2.24) is 9.80 Å². The highest BCUT2D eigenvalue weighted by Gasteiger charge is 2.36. The molecule has 1 N–H and O–H groups in total. The molecule has 2 atom stereocenters. The first kappa shape index (κ1) is 23.2. The molecule has 1 aliphatic heterocycles. The Labute approximate surface area is 192 Å². The molecule has 0 saturated heterocycles. The normalized spacial score (nSPS) is 19.1. The van der Waals surface area contributed by atoms with Gasteiger partial charge < -0.3 is 19.5 Å². The van der Waals surface area contributed by atoms with Crippen molar-refractivity contribution in [1.29, 1.82) is 0 Å². The number of nitrogens with zero attached hydrogens (tertiary/aromatic N) is 2. The van der Waals surface area contributed by atoms with Crippen molar-refractivity contribution in [3.8, 4) is 5.75 Å². The van der Waals surface area contributed by atoms with Gasteiger partial charge in [-0.25, -0.2) is 4.39 Å². The van der Waals surface area contributed by atoms with Crippen LogP contribution >= 0.6 is 11.3 Å². The van der Waals surface area contributed by atoms with E-state index < -0.39 is 6.10 Å². The third kappa shape index (κ3) is 5.86. The standard InChI is InChI=1S/C24H31FN2O4S/c1-2-30-15-19(28)13-26(18-6-7-18)14-24(29)27-10-8-23-21(9-11-32-23)22(27)16-31-20-5-3-4-17(25)12-20/h3-5,9,11-12,18-19,22,28H,2,6-8,10,13-16H2,1H3/t19-,22-/m0/s1. The summed E-state index contributed by atoms with van der Waals surface area (Å²) >= 11 is 1.70. The Morgan fingerprint density at radius 3 is 2.97 bits per heavy atom. The number of ether oxygens (including phenoxy) is 2. The Balaban J connectivity index is 1.44. The molecule has 2 aliphatic rings. The summed E-state index contributed by atoms with van der Waals surface area (Å²) in [5.74, 6) is 0.143. The second-order valence-corrected chi connectivity index (χ2v) is 9.40. The lowest BCUT2D eigenvalue weighted by molar-refractivity contribution is -0.136. The van der Waals surface area contributed by atoms with E-state index in [0.29, 0.717) is 31.5 Å². The molecule has 4 rings (SSSR count). The highest BCUT2D eigenvalue weighted by molar-refractivity contribution is 7.10. The molecule has 1 aromatic carbocycles. The molecule has 0 radical (unpaired) electrons. The molecule has 1 amide bonds. The summed E-state index contributed by atoms with van der Waals surface area (Å²) in [5.41, 5.74) is 1.11. The third-order valence-electron chi connectivity index (χ3n) is 5.98. The van der Waals surface area contributed by atoms with Crippen LogP contribution in [0.3, 0.4) is 0 Å². The average molecular weight is 463 g/mol. The maximum Gasteiger partial charge on any atom is 0.237 e. The van der Waals surface area contributed by atoms with Crippen LogP contribution in [0.1, 0.15) is 36.2 Å². The largest absolute Gasteiger partial charge is 0.491 e. The van der Waals surface area contributed by atoms with Crippen LogP contribution in [0, 0.1) is 5.82 Å². The maximum absolute atomic E-state index is 13.6. The van der Waals surface area contributed by atoms with Crippen LogP contribution in [-0.2, 0) is 16.0 Å². The minimum atomic E-state index is -0.611. The van der Waals surface area contributed by atoms with Gasteiger partial charge in [-0.2, -0.15) is 0 Å². The number of fused-ring (bicyclic) bond motifs is 1. The predicted molar refractivity (Wildman–Crippen MR) is 121 cm³/mol. The highest BCUT2D eigenvalue weighted by atomic mass is 32.1. The van der Waals surface area contributed by atoms with Crippen LogP contribution < -0.4 is 4.74 Å². The van der Waals surface area contributed by atoms with Crippen LogP contribution in [0.15, 0.2) is 35.7 Å². The molecule has 1 aromatic heterocycles. The number of benzene rings is 1. The second kappa shape index (κ2) is 10.7. The van der Waals surface area contributed by atoms with Crippen LogP contribution in [0.5, 0.6) is 5.75 Å². The van der Waals surface area contributed by atoms with Crippen molar-refractivity contribution >= 4 is 17.2 Å². The quantitative estimate of drug-likeness (QED) is 0.556. The van der Waals surface area contributed by atoms with Crippen LogP contribution in [0.25, 0.3) is 0 Å². The van der Waals surface area contributed by atoms with E-state index >= 15 is 0 Å². The van der Waals surface area contributed by atoms with E-state index in [1.165, 1.54) is 17.0 Å². The molecule has 2 aromatic rings. The van der Waals surface area contributed by atoms with Gasteiger partial charge in [-0.1, -0.05) is 6.07 Å². The van der Waals surface area contributed by atoms with Gasteiger partial charge in [-0.3, -0.25) is 9.69 Å². The van der Waals surface area contributed by atoms with Gasteiger partial charge in [-0.15, -0.1) is 11.3 Å². The molecule has 0 spiro atoms. The molecule has 1 aliphatic carbocycles. The number of carbonyl (C=O) groups excluding carboxylic acids is 1. The fourth-order valence-corrected chi connectivity index (χ4v) is 5.16. The molecule has 0 unspecified atom stereocenters. The Morgan fingerprint density at radius 1 is 1.38 bits per heavy atom. The number of rotatable bonds is 11. The van der Waals surface area contributed by atoms with Crippen molar-refractivity contribution in [3.05, 3.63) is 52.0 Å². The Bertz CT molecular complexity index is 904. The smallest absolute Gasteiger partial charge is 0.237 e. The monoisotopic (exact) mass is 462 g/mol. The molecule has 6 nitrogen and oxygen atoms in total. The maximum atomic E-state index is 13.6. The topological polar surface area (TPSA) is 62.2 Å². The molecule has 174 valence electrons. The first-order chi connectivity index (χ1) is 15.5. The van der Waals surface area contributed by atoms with Gasteiger partial charge in [0.1, 0.15) is 18.2 Å². The minimum absolute atomic E-state index is 0.0326. The lowest BCUT2D eigenvalue weighted by atomic mass is 10.0. The van der Waals surface area contributed by atoms with E-state index in [4.69, 9.17) is 9.47 Å². The van der Waals surface area contributed by atoms with E-state index in [2.05, 4.69) is 16.3 Å². The van der Waals surface area contributed by atoms with E-state index in [9.17, 15) is 14.3 Å². The first-order valence-electron chi connectivity index (χ1n) is 11.3. The third-order valence-corrected chi connectivity index (χ3v) is 6.98. The Hall–Kier alpha value is -2.00. The zero-order valence-electron chi connectivity index (χ0n) is 18.4. The summed E-state index contributed by atoms with van der Waals surface area (Å²) in [6, 6.07) is 8.27. The number of thiophene rings is 1. The molecular weight excluding hydrogens is 431 g/mol. The minimum Gasteiger partial charge on any atom is -0.491 e. The molecule has 32 heavy (non-hydrogen) atoms. The van der Waals surface area contributed by atoms with Crippen molar-refractivity contribution in [2.24, 2.45) is 0 Å². The molecule has 2 heterocycles. The van der Waals surface area contributed by atoms with E-state index in [1.807, 2.05) is 11.8 Å². The number of aliphatic hydroxyl groups is 1. The van der Waals surface area contributed by atoms with Crippen LogP contribution in [0.2, 0.25) is 0 Å². The van der Waals surface area contributed by atoms with Crippen molar-refractivity contribution in [2.45, 2.75) is 44.4 Å². The second-order valence-electron chi connectivity index (χ2n) is 8.39.